The average molecular weight is 412 g/mol. The lowest BCUT2D eigenvalue weighted by Gasteiger charge is -2.11. The molecule has 0 saturated heterocycles. The van der Waals surface area contributed by atoms with Crippen molar-refractivity contribution < 1.29 is 12.8 Å². The third-order valence-electron chi connectivity index (χ3n) is 5.54. The zero-order chi connectivity index (χ0) is 26.5. The normalized spacial score (nSPS) is 14.9. The second kappa shape index (κ2) is 7.47. The Balaban J connectivity index is 2.00. The summed E-state index contributed by atoms with van der Waals surface area (Å²) in [6, 6.07) is 24.0. The summed E-state index contributed by atoms with van der Waals surface area (Å²) >= 11 is 0. The van der Waals surface area contributed by atoms with Crippen molar-refractivity contribution in [2.45, 2.75) is 20.6 Å². The molecule has 0 amide bonds. The molecule has 0 bridgehead atoms. The van der Waals surface area contributed by atoms with E-state index in [1.54, 1.807) is 28.8 Å². The summed E-state index contributed by atoms with van der Waals surface area (Å²) in [6.07, 6.45) is 0. The fourth-order valence-corrected chi connectivity index (χ4v) is 4.05. The zero-order valence-corrected chi connectivity index (χ0v) is 17.3. The molecule has 3 aromatic carbocycles. The molecule has 5 aromatic rings. The van der Waals surface area contributed by atoms with Gasteiger partial charge in [0.1, 0.15) is 0 Å². The number of hydrogen-bond donors (Lipinski definition) is 0. The van der Waals surface area contributed by atoms with Gasteiger partial charge in [-0.2, -0.15) is 4.57 Å². The number of hydrogen-bond acceptors (Lipinski definition) is 2. The molecule has 0 atom stereocenters. The van der Waals surface area contributed by atoms with E-state index in [9.17, 15) is 0 Å². The molecule has 0 unspecified atom stereocenters. The van der Waals surface area contributed by atoms with Gasteiger partial charge in [-0.25, -0.2) is 14.5 Å². The SMILES string of the molecule is [2H]C([2H])([2H])c1nc(-c2ccccc2)nc(C([2H])([2H])[2H])c1-n1c(-c2ccccc2C)[n+](C)c2ccccc21. The Kier molecular flexibility index (Phi) is 3.25. The Morgan fingerprint density at radius 3 is 2.16 bits per heavy atom. The van der Waals surface area contributed by atoms with Gasteiger partial charge in [-0.1, -0.05) is 60.7 Å². The molecule has 5 rings (SSSR count). The van der Waals surface area contributed by atoms with Crippen LogP contribution in [0.25, 0.3) is 39.5 Å². The molecule has 0 N–H and O–H groups in total. The van der Waals surface area contributed by atoms with Crippen molar-refractivity contribution in [2.24, 2.45) is 7.05 Å². The van der Waals surface area contributed by atoms with Crippen molar-refractivity contribution in [3.05, 3.63) is 95.8 Å². The van der Waals surface area contributed by atoms with Crippen LogP contribution < -0.4 is 4.57 Å². The quantitative estimate of drug-likeness (QED) is 0.367. The Bertz CT molecular complexity index is 1580. The van der Waals surface area contributed by atoms with E-state index in [4.69, 9.17) is 8.22 Å². The molecule has 4 nitrogen and oxygen atoms in total. The van der Waals surface area contributed by atoms with E-state index in [2.05, 4.69) is 9.97 Å². The molecule has 0 aliphatic rings. The van der Waals surface area contributed by atoms with Crippen LogP contribution in [-0.2, 0) is 7.05 Å². The minimum absolute atomic E-state index is 0.0465. The fraction of sp³-hybridized carbons (Fsp3) is 0.148. The average Bonchev–Trinajstić information content (AvgIpc) is 3.15. The Labute approximate surface area is 190 Å². The number of fused-ring (bicyclic) bond motifs is 1. The molecule has 2 heterocycles. The third kappa shape index (κ3) is 3.12. The van der Waals surface area contributed by atoms with E-state index in [1.807, 2.05) is 73.1 Å². The number of aryl methyl sites for hydroxylation is 4. The molecule has 152 valence electrons. The Morgan fingerprint density at radius 2 is 1.45 bits per heavy atom. The number of nitrogens with zero attached hydrogens (tertiary/aromatic N) is 4. The second-order valence-corrected chi connectivity index (χ2v) is 7.48. The summed E-state index contributed by atoms with van der Waals surface area (Å²) < 4.78 is 54.0. The first-order chi connectivity index (χ1) is 17.5. The van der Waals surface area contributed by atoms with Crippen molar-refractivity contribution in [3.63, 3.8) is 0 Å². The summed E-state index contributed by atoms with van der Waals surface area (Å²) in [4.78, 5) is 8.97. The summed E-state index contributed by atoms with van der Waals surface area (Å²) in [5, 5.41) is 0. The van der Waals surface area contributed by atoms with E-state index in [0.29, 0.717) is 16.9 Å². The highest BCUT2D eigenvalue weighted by Crippen LogP contribution is 2.31. The molecule has 0 aliphatic carbocycles. The molecule has 0 radical (unpaired) electrons. The lowest BCUT2D eigenvalue weighted by molar-refractivity contribution is -0.633. The highest BCUT2D eigenvalue weighted by molar-refractivity contribution is 5.80. The maximum Gasteiger partial charge on any atom is 0.295 e. The largest absolute Gasteiger partial charge is 0.295 e. The molecule has 2 aromatic heterocycles. The minimum Gasteiger partial charge on any atom is -0.229 e. The standard InChI is InChI=1S/C27H25N4/c1-18-12-8-9-15-22(18)27-30(4)23-16-10-11-17-24(23)31(27)25-19(2)28-26(29-20(25)3)21-13-6-5-7-14-21/h5-17H,1-4H3/q+1/i2D3,3D3. The lowest BCUT2D eigenvalue weighted by atomic mass is 10.1. The van der Waals surface area contributed by atoms with Crippen molar-refractivity contribution in [1.82, 2.24) is 14.5 Å². The van der Waals surface area contributed by atoms with Crippen LogP contribution in [0.5, 0.6) is 0 Å². The molecule has 0 saturated carbocycles. The number of imidazole rings is 1. The van der Waals surface area contributed by atoms with Crippen LogP contribution >= 0.6 is 0 Å². The van der Waals surface area contributed by atoms with E-state index >= 15 is 0 Å². The van der Waals surface area contributed by atoms with Crippen LogP contribution in [0.15, 0.2) is 78.9 Å². The molecule has 0 aliphatic heterocycles. The van der Waals surface area contributed by atoms with Crippen LogP contribution in [0.4, 0.5) is 0 Å². The van der Waals surface area contributed by atoms with E-state index in [-0.39, 0.29) is 22.9 Å². The van der Waals surface area contributed by atoms with Gasteiger partial charge in [0, 0.05) is 13.8 Å². The van der Waals surface area contributed by atoms with Crippen molar-refractivity contribution in [3.8, 4) is 28.5 Å². The molecule has 0 fully saturated rings. The lowest BCUT2D eigenvalue weighted by Crippen LogP contribution is -2.30. The first kappa shape index (κ1) is 13.5. The summed E-state index contributed by atoms with van der Waals surface area (Å²) in [7, 11) is 1.88. The highest BCUT2D eigenvalue weighted by Gasteiger charge is 2.29. The summed E-state index contributed by atoms with van der Waals surface area (Å²) in [5.41, 5.74) is 3.10. The third-order valence-corrected chi connectivity index (χ3v) is 5.54. The maximum atomic E-state index is 8.39. The number of rotatable bonds is 3. The van der Waals surface area contributed by atoms with Gasteiger partial charge in [-0.15, -0.1) is 0 Å². The molecular weight excluding hydrogens is 380 g/mol. The number of aromatic nitrogens is 4. The molecular formula is C27H25N4+. The minimum atomic E-state index is -2.71. The maximum absolute atomic E-state index is 8.39. The van der Waals surface area contributed by atoms with Crippen molar-refractivity contribution in [2.75, 3.05) is 0 Å². The first-order valence-corrected chi connectivity index (χ1v) is 10.0. The Hall–Kier alpha value is -3.79. The van der Waals surface area contributed by atoms with Gasteiger partial charge < -0.3 is 0 Å². The summed E-state index contributed by atoms with van der Waals surface area (Å²) in [6.45, 7) is -3.47. The second-order valence-electron chi connectivity index (χ2n) is 7.48. The van der Waals surface area contributed by atoms with Gasteiger partial charge in [-0.05, 0) is 44.4 Å². The van der Waals surface area contributed by atoms with Crippen LogP contribution in [-0.4, -0.2) is 14.5 Å². The molecule has 4 heteroatoms. The van der Waals surface area contributed by atoms with Crippen LogP contribution in [0, 0.1) is 20.6 Å². The van der Waals surface area contributed by atoms with Crippen LogP contribution in [0.1, 0.15) is 25.2 Å². The van der Waals surface area contributed by atoms with Crippen LogP contribution in [0.3, 0.4) is 0 Å². The number of benzene rings is 3. The van der Waals surface area contributed by atoms with Crippen molar-refractivity contribution in [1.29, 1.82) is 0 Å². The van der Waals surface area contributed by atoms with E-state index in [0.717, 1.165) is 16.6 Å². The highest BCUT2D eigenvalue weighted by atomic mass is 15.2. The van der Waals surface area contributed by atoms with E-state index < -0.39 is 13.7 Å². The summed E-state index contributed by atoms with van der Waals surface area (Å²) in [5.74, 6) is 0.686. The van der Waals surface area contributed by atoms with Crippen LogP contribution in [0.2, 0.25) is 0 Å². The van der Waals surface area contributed by atoms with Gasteiger partial charge >= 0.3 is 0 Å². The fourth-order valence-electron chi connectivity index (χ4n) is 4.05. The van der Waals surface area contributed by atoms with E-state index in [1.165, 1.54) is 0 Å². The molecule has 0 spiro atoms. The van der Waals surface area contributed by atoms with Gasteiger partial charge in [-0.3, -0.25) is 0 Å². The number of para-hydroxylation sites is 2. The monoisotopic (exact) mass is 411 g/mol. The Morgan fingerprint density at radius 1 is 0.806 bits per heavy atom. The zero-order valence-electron chi connectivity index (χ0n) is 23.3. The van der Waals surface area contributed by atoms with Crippen molar-refractivity contribution >= 4 is 11.0 Å². The van der Waals surface area contributed by atoms with Gasteiger partial charge in [0.2, 0.25) is 0 Å². The predicted octanol–water partition coefficient (Wildman–Crippen LogP) is 5.50. The topological polar surface area (TPSA) is 34.6 Å². The van der Waals surface area contributed by atoms with Gasteiger partial charge in [0.05, 0.1) is 24.0 Å². The smallest absolute Gasteiger partial charge is 0.229 e. The first-order valence-electron chi connectivity index (χ1n) is 13.0. The van der Waals surface area contributed by atoms with Gasteiger partial charge in [0.25, 0.3) is 5.82 Å². The molecule has 31 heavy (non-hydrogen) atoms. The predicted molar refractivity (Wildman–Crippen MR) is 125 cm³/mol. The van der Waals surface area contributed by atoms with Gasteiger partial charge in [0.15, 0.2) is 22.5 Å².